The van der Waals surface area contributed by atoms with Crippen molar-refractivity contribution in [2.45, 2.75) is 38.6 Å². The van der Waals surface area contributed by atoms with E-state index in [9.17, 15) is 4.79 Å². The van der Waals surface area contributed by atoms with Crippen molar-refractivity contribution in [3.05, 3.63) is 34.9 Å². The number of hydrogen-bond donors (Lipinski definition) is 1. The Morgan fingerprint density at radius 3 is 2.95 bits per heavy atom. The average Bonchev–Trinajstić information content (AvgIpc) is 2.48. The third-order valence-electron chi connectivity index (χ3n) is 3.82. The molecule has 4 heteroatoms. The van der Waals surface area contributed by atoms with Gasteiger partial charge in [-0.25, -0.2) is 0 Å². The highest BCUT2D eigenvalue weighted by Gasteiger charge is 2.28. The number of benzene rings is 1. The predicted octanol–water partition coefficient (Wildman–Crippen LogP) is 3.39. The SMILES string of the molecule is CCCCCC(=O)N1CCNCC1c1ccccc1Cl. The van der Waals surface area contributed by atoms with Gasteiger partial charge in [0.15, 0.2) is 0 Å². The second-order valence-electron chi connectivity index (χ2n) is 5.29. The van der Waals surface area contributed by atoms with Crippen LogP contribution in [-0.2, 0) is 4.79 Å². The van der Waals surface area contributed by atoms with E-state index in [0.29, 0.717) is 6.42 Å². The number of halogens is 1. The Labute approximate surface area is 126 Å². The first-order valence-corrected chi connectivity index (χ1v) is 7.86. The fourth-order valence-corrected chi connectivity index (χ4v) is 2.96. The molecule has 1 atom stereocenters. The van der Waals surface area contributed by atoms with E-state index in [1.54, 1.807) is 0 Å². The lowest BCUT2D eigenvalue weighted by atomic mass is 10.0. The van der Waals surface area contributed by atoms with Gasteiger partial charge in [0.1, 0.15) is 0 Å². The largest absolute Gasteiger partial charge is 0.333 e. The van der Waals surface area contributed by atoms with Gasteiger partial charge in [-0.2, -0.15) is 0 Å². The van der Waals surface area contributed by atoms with Crippen LogP contribution in [0.25, 0.3) is 0 Å². The number of hydrogen-bond acceptors (Lipinski definition) is 2. The van der Waals surface area contributed by atoms with Crippen LogP contribution in [0.1, 0.15) is 44.2 Å². The van der Waals surface area contributed by atoms with Gasteiger partial charge in [-0.15, -0.1) is 0 Å². The molecule has 1 amide bonds. The highest BCUT2D eigenvalue weighted by atomic mass is 35.5. The maximum atomic E-state index is 12.4. The molecule has 0 saturated carbocycles. The zero-order valence-electron chi connectivity index (χ0n) is 12.1. The van der Waals surface area contributed by atoms with Gasteiger partial charge in [0.05, 0.1) is 6.04 Å². The third kappa shape index (κ3) is 3.74. The van der Waals surface area contributed by atoms with Crippen molar-refractivity contribution in [1.82, 2.24) is 10.2 Å². The second-order valence-corrected chi connectivity index (χ2v) is 5.69. The summed E-state index contributed by atoms with van der Waals surface area (Å²) in [6.07, 6.45) is 3.89. The van der Waals surface area contributed by atoms with Gasteiger partial charge in [-0.3, -0.25) is 4.79 Å². The van der Waals surface area contributed by atoms with Gasteiger partial charge in [-0.1, -0.05) is 49.6 Å². The van der Waals surface area contributed by atoms with Crippen molar-refractivity contribution in [3.63, 3.8) is 0 Å². The Balaban J connectivity index is 2.09. The molecule has 0 spiro atoms. The number of piperazine rings is 1. The van der Waals surface area contributed by atoms with Crippen molar-refractivity contribution in [3.8, 4) is 0 Å². The topological polar surface area (TPSA) is 32.3 Å². The van der Waals surface area contributed by atoms with E-state index in [2.05, 4.69) is 12.2 Å². The maximum absolute atomic E-state index is 12.4. The molecule has 1 saturated heterocycles. The Kier molecular flexibility index (Phi) is 5.86. The zero-order valence-corrected chi connectivity index (χ0v) is 12.8. The molecule has 1 aromatic carbocycles. The first kappa shape index (κ1) is 15.3. The summed E-state index contributed by atoms with van der Waals surface area (Å²) >= 11 is 6.29. The molecule has 3 nitrogen and oxygen atoms in total. The molecule has 0 aliphatic carbocycles. The Hall–Kier alpha value is -1.06. The summed E-state index contributed by atoms with van der Waals surface area (Å²) in [6, 6.07) is 7.88. The summed E-state index contributed by atoms with van der Waals surface area (Å²) in [5.74, 6) is 0.255. The Morgan fingerprint density at radius 1 is 1.40 bits per heavy atom. The highest BCUT2D eigenvalue weighted by molar-refractivity contribution is 6.31. The van der Waals surface area contributed by atoms with Gasteiger partial charge >= 0.3 is 0 Å². The number of unbranched alkanes of at least 4 members (excludes halogenated alkanes) is 2. The first-order valence-electron chi connectivity index (χ1n) is 7.48. The summed E-state index contributed by atoms with van der Waals surface area (Å²) in [4.78, 5) is 14.4. The van der Waals surface area contributed by atoms with E-state index >= 15 is 0 Å². The van der Waals surface area contributed by atoms with Gasteiger partial charge < -0.3 is 10.2 Å². The van der Waals surface area contributed by atoms with Crippen LogP contribution in [0, 0.1) is 0 Å². The van der Waals surface area contributed by atoms with Crippen LogP contribution >= 0.6 is 11.6 Å². The van der Waals surface area contributed by atoms with E-state index in [0.717, 1.165) is 49.5 Å². The maximum Gasteiger partial charge on any atom is 0.223 e. The first-order chi connectivity index (χ1) is 9.74. The van der Waals surface area contributed by atoms with Crippen LogP contribution in [0.2, 0.25) is 5.02 Å². The highest BCUT2D eigenvalue weighted by Crippen LogP contribution is 2.29. The Bertz CT molecular complexity index is 450. The van der Waals surface area contributed by atoms with Crippen molar-refractivity contribution in [1.29, 1.82) is 0 Å². The van der Waals surface area contributed by atoms with Crippen LogP contribution in [0.3, 0.4) is 0 Å². The molecule has 1 heterocycles. The summed E-state index contributed by atoms with van der Waals surface area (Å²) in [7, 11) is 0. The van der Waals surface area contributed by atoms with E-state index < -0.39 is 0 Å². The quantitative estimate of drug-likeness (QED) is 0.844. The van der Waals surface area contributed by atoms with Crippen LogP contribution < -0.4 is 5.32 Å². The number of carbonyl (C=O) groups excluding carboxylic acids is 1. The van der Waals surface area contributed by atoms with Crippen LogP contribution in [0.5, 0.6) is 0 Å². The Morgan fingerprint density at radius 2 is 2.20 bits per heavy atom. The van der Waals surface area contributed by atoms with E-state index in [-0.39, 0.29) is 11.9 Å². The average molecular weight is 295 g/mol. The fraction of sp³-hybridized carbons (Fsp3) is 0.562. The summed E-state index contributed by atoms with van der Waals surface area (Å²) in [5.41, 5.74) is 1.05. The molecule has 1 aliphatic heterocycles. The predicted molar refractivity (Wildman–Crippen MR) is 82.9 cm³/mol. The third-order valence-corrected chi connectivity index (χ3v) is 4.17. The minimum Gasteiger partial charge on any atom is -0.333 e. The lowest BCUT2D eigenvalue weighted by Gasteiger charge is -2.37. The number of nitrogens with zero attached hydrogens (tertiary/aromatic N) is 1. The molecule has 1 aliphatic rings. The molecule has 1 fully saturated rings. The van der Waals surface area contributed by atoms with Crippen molar-refractivity contribution < 1.29 is 4.79 Å². The number of rotatable bonds is 5. The molecule has 2 rings (SSSR count). The molecule has 1 unspecified atom stereocenters. The van der Waals surface area contributed by atoms with Gasteiger partial charge in [0, 0.05) is 31.1 Å². The molecule has 0 radical (unpaired) electrons. The molecular formula is C16H23ClN2O. The molecule has 0 bridgehead atoms. The molecular weight excluding hydrogens is 272 g/mol. The standard InChI is InChI=1S/C16H23ClN2O/c1-2-3-4-9-16(20)19-11-10-18-12-15(19)13-7-5-6-8-14(13)17/h5-8,15,18H,2-4,9-12H2,1H3. The zero-order chi connectivity index (χ0) is 14.4. The van der Waals surface area contributed by atoms with Gasteiger partial charge in [0.2, 0.25) is 5.91 Å². The van der Waals surface area contributed by atoms with Crippen LogP contribution in [0.4, 0.5) is 0 Å². The lowest BCUT2D eigenvalue weighted by Crippen LogP contribution is -2.48. The number of amides is 1. The van der Waals surface area contributed by atoms with Gasteiger partial charge in [-0.05, 0) is 18.1 Å². The monoisotopic (exact) mass is 294 g/mol. The summed E-state index contributed by atoms with van der Waals surface area (Å²) < 4.78 is 0. The molecule has 0 aromatic heterocycles. The minimum absolute atomic E-state index is 0.0616. The van der Waals surface area contributed by atoms with Crippen LogP contribution in [-0.4, -0.2) is 30.4 Å². The summed E-state index contributed by atoms with van der Waals surface area (Å²) in [6.45, 7) is 4.56. The molecule has 110 valence electrons. The number of carbonyl (C=O) groups is 1. The summed E-state index contributed by atoms with van der Waals surface area (Å²) in [5, 5.41) is 4.10. The van der Waals surface area contributed by atoms with Crippen molar-refractivity contribution in [2.75, 3.05) is 19.6 Å². The fourth-order valence-electron chi connectivity index (χ4n) is 2.70. The molecule has 20 heavy (non-hydrogen) atoms. The molecule has 1 N–H and O–H groups in total. The van der Waals surface area contributed by atoms with Crippen molar-refractivity contribution >= 4 is 17.5 Å². The van der Waals surface area contributed by atoms with E-state index in [1.165, 1.54) is 0 Å². The number of nitrogens with one attached hydrogen (secondary N) is 1. The van der Waals surface area contributed by atoms with Crippen LogP contribution in [0.15, 0.2) is 24.3 Å². The lowest BCUT2D eigenvalue weighted by molar-refractivity contribution is -0.134. The smallest absolute Gasteiger partial charge is 0.223 e. The minimum atomic E-state index is 0.0616. The van der Waals surface area contributed by atoms with Crippen molar-refractivity contribution in [2.24, 2.45) is 0 Å². The van der Waals surface area contributed by atoms with E-state index in [1.807, 2.05) is 29.2 Å². The van der Waals surface area contributed by atoms with Gasteiger partial charge in [0.25, 0.3) is 0 Å². The second kappa shape index (κ2) is 7.65. The van der Waals surface area contributed by atoms with E-state index in [4.69, 9.17) is 11.6 Å². The molecule has 1 aromatic rings. The normalized spacial score (nSPS) is 19.1.